The van der Waals surface area contributed by atoms with Gasteiger partial charge in [0.05, 0.1) is 6.10 Å². The third-order valence-electron chi connectivity index (χ3n) is 2.12. The molecule has 0 spiro atoms. The molecule has 0 radical (unpaired) electrons. The van der Waals surface area contributed by atoms with E-state index >= 15 is 0 Å². The van der Waals surface area contributed by atoms with E-state index in [-0.39, 0.29) is 6.10 Å². The summed E-state index contributed by atoms with van der Waals surface area (Å²) in [5, 5.41) is 9.43. The van der Waals surface area contributed by atoms with E-state index in [1.54, 1.807) is 0 Å². The summed E-state index contributed by atoms with van der Waals surface area (Å²) in [5.41, 5.74) is 0. The van der Waals surface area contributed by atoms with Crippen LogP contribution in [0.3, 0.4) is 0 Å². The fraction of sp³-hybridized carbons (Fsp3) is 1.00. The van der Waals surface area contributed by atoms with Gasteiger partial charge in [0, 0.05) is 0 Å². The minimum absolute atomic E-state index is 0.0770. The molecule has 0 saturated heterocycles. The second-order valence-corrected chi connectivity index (χ2v) is 3.66. The number of hydrogen-bond donors (Lipinski definition) is 1. The van der Waals surface area contributed by atoms with Crippen LogP contribution < -0.4 is 0 Å². The summed E-state index contributed by atoms with van der Waals surface area (Å²) in [6.45, 7) is 6.36. The normalized spacial score (nSPS) is 13.9. The number of hydrogen-bond acceptors (Lipinski definition) is 1. The van der Waals surface area contributed by atoms with Crippen molar-refractivity contribution in [1.82, 2.24) is 0 Å². The van der Waals surface area contributed by atoms with Crippen LogP contribution in [0.2, 0.25) is 0 Å². The van der Waals surface area contributed by atoms with Crippen molar-refractivity contribution in [1.29, 1.82) is 0 Å². The SMILES string of the molecule is CCCCCC[C@@H](O)C(C)C. The lowest BCUT2D eigenvalue weighted by atomic mass is 10.0. The Morgan fingerprint density at radius 1 is 1.09 bits per heavy atom. The summed E-state index contributed by atoms with van der Waals surface area (Å²) < 4.78 is 0. The molecule has 0 amide bonds. The topological polar surface area (TPSA) is 20.2 Å². The number of aliphatic hydroxyl groups is 1. The number of unbranched alkanes of at least 4 members (excludes halogenated alkanes) is 3. The van der Waals surface area contributed by atoms with Crippen LogP contribution in [-0.4, -0.2) is 11.2 Å². The molecule has 0 fully saturated rings. The zero-order chi connectivity index (χ0) is 8.69. The first kappa shape index (κ1) is 11.0. The fourth-order valence-electron chi connectivity index (χ4n) is 1.11. The standard InChI is InChI=1S/C10H22O/c1-4-5-6-7-8-10(11)9(2)3/h9-11H,4-8H2,1-3H3/t10-/m1/s1. The zero-order valence-electron chi connectivity index (χ0n) is 8.14. The van der Waals surface area contributed by atoms with Crippen molar-refractivity contribution in [3.05, 3.63) is 0 Å². The van der Waals surface area contributed by atoms with Crippen LogP contribution >= 0.6 is 0 Å². The molecule has 0 rings (SSSR count). The van der Waals surface area contributed by atoms with Crippen LogP contribution in [0.1, 0.15) is 52.9 Å². The molecule has 0 saturated carbocycles. The summed E-state index contributed by atoms with van der Waals surface area (Å²) in [6.07, 6.45) is 5.96. The smallest absolute Gasteiger partial charge is 0.0563 e. The molecule has 68 valence electrons. The highest BCUT2D eigenvalue weighted by Gasteiger charge is 2.07. The Kier molecular flexibility index (Phi) is 6.63. The molecule has 0 heterocycles. The molecule has 0 aliphatic carbocycles. The molecular weight excluding hydrogens is 136 g/mol. The molecule has 0 aromatic rings. The molecule has 0 aliphatic rings. The van der Waals surface area contributed by atoms with Crippen LogP contribution in [0, 0.1) is 5.92 Å². The third kappa shape index (κ3) is 6.36. The van der Waals surface area contributed by atoms with Crippen LogP contribution in [0.4, 0.5) is 0 Å². The monoisotopic (exact) mass is 158 g/mol. The molecule has 1 atom stereocenters. The lowest BCUT2D eigenvalue weighted by Gasteiger charge is -2.13. The Hall–Kier alpha value is -0.0400. The van der Waals surface area contributed by atoms with Gasteiger partial charge in [0.1, 0.15) is 0 Å². The van der Waals surface area contributed by atoms with Gasteiger partial charge in [-0.1, -0.05) is 46.5 Å². The van der Waals surface area contributed by atoms with E-state index in [0.29, 0.717) is 5.92 Å². The Morgan fingerprint density at radius 2 is 1.73 bits per heavy atom. The van der Waals surface area contributed by atoms with Crippen molar-refractivity contribution in [3.8, 4) is 0 Å². The van der Waals surface area contributed by atoms with Gasteiger partial charge in [-0.25, -0.2) is 0 Å². The third-order valence-corrected chi connectivity index (χ3v) is 2.12. The van der Waals surface area contributed by atoms with Gasteiger partial charge in [-0.15, -0.1) is 0 Å². The van der Waals surface area contributed by atoms with Crippen molar-refractivity contribution in [3.63, 3.8) is 0 Å². The zero-order valence-corrected chi connectivity index (χ0v) is 8.14. The molecule has 1 N–H and O–H groups in total. The molecule has 11 heavy (non-hydrogen) atoms. The molecule has 0 aromatic carbocycles. The van der Waals surface area contributed by atoms with Gasteiger partial charge in [0.25, 0.3) is 0 Å². The molecule has 1 heteroatoms. The van der Waals surface area contributed by atoms with E-state index in [1.165, 1.54) is 25.7 Å². The first-order valence-electron chi connectivity index (χ1n) is 4.86. The van der Waals surface area contributed by atoms with E-state index in [1.807, 2.05) is 0 Å². The van der Waals surface area contributed by atoms with Gasteiger partial charge in [-0.3, -0.25) is 0 Å². The van der Waals surface area contributed by atoms with Gasteiger partial charge < -0.3 is 5.11 Å². The van der Waals surface area contributed by atoms with E-state index < -0.39 is 0 Å². The highest BCUT2D eigenvalue weighted by molar-refractivity contribution is 4.59. The maximum absolute atomic E-state index is 9.43. The minimum Gasteiger partial charge on any atom is -0.393 e. The summed E-state index contributed by atoms with van der Waals surface area (Å²) in [6, 6.07) is 0. The first-order valence-corrected chi connectivity index (χ1v) is 4.86. The molecule has 0 aliphatic heterocycles. The van der Waals surface area contributed by atoms with Gasteiger partial charge in [-0.2, -0.15) is 0 Å². The van der Waals surface area contributed by atoms with E-state index in [2.05, 4.69) is 20.8 Å². The molecular formula is C10H22O. The quantitative estimate of drug-likeness (QED) is 0.589. The van der Waals surface area contributed by atoms with E-state index in [0.717, 1.165) is 6.42 Å². The predicted molar refractivity (Wildman–Crippen MR) is 49.6 cm³/mol. The van der Waals surface area contributed by atoms with E-state index in [9.17, 15) is 5.11 Å². The van der Waals surface area contributed by atoms with Gasteiger partial charge >= 0.3 is 0 Å². The second-order valence-electron chi connectivity index (χ2n) is 3.66. The van der Waals surface area contributed by atoms with E-state index in [4.69, 9.17) is 0 Å². The van der Waals surface area contributed by atoms with Crippen molar-refractivity contribution in [2.45, 2.75) is 59.0 Å². The van der Waals surface area contributed by atoms with Crippen molar-refractivity contribution in [2.24, 2.45) is 5.92 Å². The van der Waals surface area contributed by atoms with Crippen molar-refractivity contribution < 1.29 is 5.11 Å². The second kappa shape index (κ2) is 6.66. The highest BCUT2D eigenvalue weighted by atomic mass is 16.3. The minimum atomic E-state index is -0.0770. The summed E-state index contributed by atoms with van der Waals surface area (Å²) in [7, 11) is 0. The highest BCUT2D eigenvalue weighted by Crippen LogP contribution is 2.11. The van der Waals surface area contributed by atoms with Crippen LogP contribution in [0.25, 0.3) is 0 Å². The first-order chi connectivity index (χ1) is 5.18. The summed E-state index contributed by atoms with van der Waals surface area (Å²) >= 11 is 0. The lowest BCUT2D eigenvalue weighted by molar-refractivity contribution is 0.113. The number of aliphatic hydroxyl groups excluding tert-OH is 1. The summed E-state index contributed by atoms with van der Waals surface area (Å²) in [4.78, 5) is 0. The number of rotatable bonds is 6. The van der Waals surface area contributed by atoms with Crippen molar-refractivity contribution in [2.75, 3.05) is 0 Å². The van der Waals surface area contributed by atoms with Crippen LogP contribution in [-0.2, 0) is 0 Å². The van der Waals surface area contributed by atoms with Crippen LogP contribution in [0.15, 0.2) is 0 Å². The fourth-order valence-corrected chi connectivity index (χ4v) is 1.11. The van der Waals surface area contributed by atoms with Gasteiger partial charge in [-0.05, 0) is 12.3 Å². The molecule has 0 unspecified atom stereocenters. The Labute approximate surface area is 70.8 Å². The lowest BCUT2D eigenvalue weighted by Crippen LogP contribution is -2.13. The van der Waals surface area contributed by atoms with Crippen molar-refractivity contribution >= 4 is 0 Å². The molecule has 0 aromatic heterocycles. The maximum Gasteiger partial charge on any atom is 0.0563 e. The van der Waals surface area contributed by atoms with Crippen LogP contribution in [0.5, 0.6) is 0 Å². The summed E-state index contributed by atoms with van der Waals surface area (Å²) in [5.74, 6) is 0.427. The molecule has 1 nitrogen and oxygen atoms in total. The van der Waals surface area contributed by atoms with Gasteiger partial charge in [0.2, 0.25) is 0 Å². The average Bonchev–Trinajstić information content (AvgIpc) is 1.97. The van der Waals surface area contributed by atoms with Gasteiger partial charge in [0.15, 0.2) is 0 Å². The Bertz CT molecular complexity index is 78.9. The largest absolute Gasteiger partial charge is 0.393 e. The Balaban J connectivity index is 3.10. The predicted octanol–water partition coefficient (Wildman–Crippen LogP) is 2.97. The Morgan fingerprint density at radius 3 is 2.18 bits per heavy atom. The maximum atomic E-state index is 9.43. The average molecular weight is 158 g/mol. The molecule has 0 bridgehead atoms.